The molecule has 3 rings (SSSR count). The fourth-order valence-corrected chi connectivity index (χ4v) is 2.68. The molecule has 0 aliphatic carbocycles. The summed E-state index contributed by atoms with van der Waals surface area (Å²) in [6.45, 7) is 4.00. The van der Waals surface area contributed by atoms with E-state index in [0.717, 1.165) is 0 Å². The van der Waals surface area contributed by atoms with Gasteiger partial charge in [0.2, 0.25) is 11.8 Å². The predicted molar refractivity (Wildman–Crippen MR) is 80.9 cm³/mol. The van der Waals surface area contributed by atoms with E-state index in [2.05, 4.69) is 21.2 Å². The van der Waals surface area contributed by atoms with Crippen molar-refractivity contribution >= 4 is 38.8 Å². The Morgan fingerprint density at radius 1 is 1.29 bits per heavy atom. The highest BCUT2D eigenvalue weighted by molar-refractivity contribution is 9.10. The molecule has 6 nitrogen and oxygen atoms in total. The number of carbonyl (C=O) groups excluding carboxylic acids is 2. The number of hydrogen-bond acceptors (Lipinski definition) is 4. The van der Waals surface area contributed by atoms with Gasteiger partial charge in [0.15, 0.2) is 5.58 Å². The molecule has 2 heterocycles. The molecule has 7 heteroatoms. The Balaban J connectivity index is 0.000000774. The summed E-state index contributed by atoms with van der Waals surface area (Å²) in [6.07, 6.45) is 0.509. The number of piperidine rings is 1. The molecule has 2 amide bonds. The molecule has 2 aromatic rings. The number of fused-ring (bicyclic) bond motifs is 1. The highest BCUT2D eigenvalue weighted by Gasteiger charge is 2.31. The van der Waals surface area contributed by atoms with E-state index in [1.165, 1.54) is 4.57 Å². The topological polar surface area (TPSA) is 81.3 Å². The van der Waals surface area contributed by atoms with Crippen molar-refractivity contribution in [1.82, 2.24) is 9.88 Å². The van der Waals surface area contributed by atoms with E-state index in [1.54, 1.807) is 18.2 Å². The Hall–Kier alpha value is -1.89. The maximum absolute atomic E-state index is 11.9. The summed E-state index contributed by atoms with van der Waals surface area (Å²) in [5.74, 6) is -1.39. The maximum Gasteiger partial charge on any atom is 0.420 e. The first-order chi connectivity index (χ1) is 10.1. The molecule has 0 saturated carbocycles. The number of halogens is 1. The summed E-state index contributed by atoms with van der Waals surface area (Å²) >= 11 is 3.29. The minimum absolute atomic E-state index is 0.212. The second kappa shape index (κ2) is 6.26. The highest BCUT2D eigenvalue weighted by atomic mass is 79.9. The zero-order valence-electron chi connectivity index (χ0n) is 11.7. The third-order valence-electron chi connectivity index (χ3n) is 3.11. The van der Waals surface area contributed by atoms with Crippen LogP contribution in [0.4, 0.5) is 0 Å². The summed E-state index contributed by atoms with van der Waals surface area (Å²) in [6, 6.07) is 4.50. The van der Waals surface area contributed by atoms with Crippen LogP contribution < -0.4 is 11.1 Å². The van der Waals surface area contributed by atoms with Crippen molar-refractivity contribution in [3.63, 3.8) is 0 Å². The van der Waals surface area contributed by atoms with E-state index < -0.39 is 17.7 Å². The third-order valence-corrected chi connectivity index (χ3v) is 3.74. The number of hydrogen-bond donors (Lipinski definition) is 1. The predicted octanol–water partition coefficient (Wildman–Crippen LogP) is 2.36. The Bertz CT molecular complexity index is 747. The van der Waals surface area contributed by atoms with Crippen LogP contribution in [0.2, 0.25) is 0 Å². The van der Waals surface area contributed by atoms with Crippen molar-refractivity contribution < 1.29 is 14.0 Å². The fourth-order valence-electron chi connectivity index (χ4n) is 2.25. The molecular weight excluding hydrogens is 340 g/mol. The smallest absolute Gasteiger partial charge is 0.406 e. The van der Waals surface area contributed by atoms with Gasteiger partial charge >= 0.3 is 5.76 Å². The average Bonchev–Trinajstić information content (AvgIpc) is 2.79. The zero-order valence-corrected chi connectivity index (χ0v) is 13.3. The van der Waals surface area contributed by atoms with Gasteiger partial charge in [0.1, 0.15) is 6.04 Å². The summed E-state index contributed by atoms with van der Waals surface area (Å²) in [5.41, 5.74) is 0.936. The quantitative estimate of drug-likeness (QED) is 0.797. The van der Waals surface area contributed by atoms with Crippen LogP contribution in [0.25, 0.3) is 11.1 Å². The molecule has 0 radical (unpaired) electrons. The molecule has 21 heavy (non-hydrogen) atoms. The number of rotatable bonds is 1. The van der Waals surface area contributed by atoms with Crippen molar-refractivity contribution in [3.8, 4) is 0 Å². The lowest BCUT2D eigenvalue weighted by atomic mass is 10.1. The number of nitrogens with one attached hydrogen (secondary N) is 1. The number of nitrogens with zero attached hydrogens (tertiary/aromatic N) is 1. The minimum Gasteiger partial charge on any atom is -0.406 e. The molecule has 1 aromatic carbocycles. The molecule has 0 bridgehead atoms. The van der Waals surface area contributed by atoms with Gasteiger partial charge in [0, 0.05) is 6.42 Å². The SMILES string of the molecule is CC.O=C1CCC(n2c(=O)oc3c(Br)cccc32)C(=O)N1. The first kappa shape index (κ1) is 15.5. The largest absolute Gasteiger partial charge is 0.420 e. The number of para-hydroxylation sites is 1. The van der Waals surface area contributed by atoms with Gasteiger partial charge in [0.25, 0.3) is 0 Å². The molecular formula is C14H15BrN2O4. The van der Waals surface area contributed by atoms with E-state index >= 15 is 0 Å². The molecule has 1 N–H and O–H groups in total. The highest BCUT2D eigenvalue weighted by Crippen LogP contribution is 2.27. The van der Waals surface area contributed by atoms with E-state index in [1.807, 2.05) is 13.8 Å². The Morgan fingerprint density at radius 3 is 2.67 bits per heavy atom. The van der Waals surface area contributed by atoms with Gasteiger partial charge in [-0.05, 0) is 34.5 Å². The summed E-state index contributed by atoms with van der Waals surface area (Å²) in [7, 11) is 0. The second-order valence-electron chi connectivity index (χ2n) is 4.29. The zero-order chi connectivity index (χ0) is 15.6. The van der Waals surface area contributed by atoms with Crippen molar-refractivity contribution in [2.45, 2.75) is 32.7 Å². The number of carbonyl (C=O) groups is 2. The molecule has 112 valence electrons. The number of aromatic nitrogens is 1. The summed E-state index contributed by atoms with van der Waals surface area (Å²) in [5, 5.41) is 2.23. The van der Waals surface area contributed by atoms with E-state index in [-0.39, 0.29) is 12.3 Å². The van der Waals surface area contributed by atoms with Crippen LogP contribution >= 0.6 is 15.9 Å². The van der Waals surface area contributed by atoms with Crippen LogP contribution in [-0.4, -0.2) is 16.4 Å². The lowest BCUT2D eigenvalue weighted by molar-refractivity contribution is -0.135. The number of imide groups is 1. The van der Waals surface area contributed by atoms with Gasteiger partial charge in [-0.1, -0.05) is 19.9 Å². The Morgan fingerprint density at radius 2 is 2.00 bits per heavy atom. The van der Waals surface area contributed by atoms with E-state index in [9.17, 15) is 14.4 Å². The third kappa shape index (κ3) is 2.78. The van der Waals surface area contributed by atoms with Crippen molar-refractivity contribution in [2.75, 3.05) is 0 Å². The van der Waals surface area contributed by atoms with Gasteiger partial charge in [-0.3, -0.25) is 19.5 Å². The molecule has 0 spiro atoms. The normalized spacial score (nSPS) is 18.1. The lowest BCUT2D eigenvalue weighted by Crippen LogP contribution is -2.43. The van der Waals surface area contributed by atoms with Gasteiger partial charge in [-0.2, -0.15) is 0 Å². The molecule has 1 aliphatic heterocycles. The molecule has 1 aromatic heterocycles. The molecule has 1 unspecified atom stereocenters. The first-order valence-corrected chi connectivity index (χ1v) is 7.50. The fraction of sp³-hybridized carbons (Fsp3) is 0.357. The van der Waals surface area contributed by atoms with Crippen molar-refractivity contribution in [1.29, 1.82) is 0 Å². The lowest BCUT2D eigenvalue weighted by Gasteiger charge is -2.21. The first-order valence-electron chi connectivity index (χ1n) is 6.71. The van der Waals surface area contributed by atoms with Crippen LogP contribution in [0.5, 0.6) is 0 Å². The number of oxazole rings is 1. The van der Waals surface area contributed by atoms with Gasteiger partial charge < -0.3 is 4.42 Å². The Kier molecular flexibility index (Phi) is 4.62. The summed E-state index contributed by atoms with van der Waals surface area (Å²) < 4.78 is 7.09. The molecule has 1 aliphatic rings. The number of amides is 2. The van der Waals surface area contributed by atoms with Crippen LogP contribution in [0.15, 0.2) is 31.9 Å². The van der Waals surface area contributed by atoms with Gasteiger partial charge in [0.05, 0.1) is 9.99 Å². The van der Waals surface area contributed by atoms with E-state index in [0.29, 0.717) is 22.0 Å². The minimum atomic E-state index is -0.708. The molecule has 1 atom stereocenters. The molecule has 1 saturated heterocycles. The molecule has 1 fully saturated rings. The monoisotopic (exact) mass is 354 g/mol. The number of benzene rings is 1. The average molecular weight is 355 g/mol. The standard InChI is InChI=1S/C12H9BrN2O4.C2H6/c13-6-2-1-3-7-10(6)19-12(18)15(7)8-4-5-9(16)14-11(8)17;1-2/h1-3,8H,4-5H2,(H,14,16,17);1-2H3. The second-order valence-corrected chi connectivity index (χ2v) is 5.15. The maximum atomic E-state index is 11.9. The summed E-state index contributed by atoms with van der Waals surface area (Å²) in [4.78, 5) is 34.9. The van der Waals surface area contributed by atoms with Crippen LogP contribution in [0, 0.1) is 0 Å². The van der Waals surface area contributed by atoms with E-state index in [4.69, 9.17) is 4.42 Å². The van der Waals surface area contributed by atoms with Crippen LogP contribution in [0.1, 0.15) is 32.7 Å². The van der Waals surface area contributed by atoms with Crippen LogP contribution in [0.3, 0.4) is 0 Å². The van der Waals surface area contributed by atoms with Crippen molar-refractivity contribution in [3.05, 3.63) is 33.2 Å². The van der Waals surface area contributed by atoms with Gasteiger partial charge in [-0.25, -0.2) is 4.79 Å². The van der Waals surface area contributed by atoms with Gasteiger partial charge in [-0.15, -0.1) is 0 Å². The van der Waals surface area contributed by atoms with Crippen molar-refractivity contribution in [2.24, 2.45) is 0 Å². The van der Waals surface area contributed by atoms with Crippen LogP contribution in [-0.2, 0) is 9.59 Å². The Labute approximate surface area is 129 Å².